The Bertz CT molecular complexity index is 341. The highest BCUT2D eigenvalue weighted by Crippen LogP contribution is 2.30. The van der Waals surface area contributed by atoms with Gasteiger partial charge in [-0.2, -0.15) is 13.2 Å². The minimum atomic E-state index is -4.26. The maximum Gasteiger partial charge on any atom is 0.416 e. The molecule has 0 heterocycles. The summed E-state index contributed by atoms with van der Waals surface area (Å²) in [5, 5.41) is 3.28. The predicted octanol–water partition coefficient (Wildman–Crippen LogP) is 4.01. The first-order chi connectivity index (χ1) is 7.86. The van der Waals surface area contributed by atoms with E-state index in [4.69, 9.17) is 0 Å². The van der Waals surface area contributed by atoms with Crippen molar-refractivity contribution in [1.29, 1.82) is 0 Å². The van der Waals surface area contributed by atoms with E-state index in [-0.39, 0.29) is 6.04 Å². The van der Waals surface area contributed by atoms with E-state index in [1.54, 1.807) is 12.1 Å². The van der Waals surface area contributed by atoms with Gasteiger partial charge < -0.3 is 5.32 Å². The summed E-state index contributed by atoms with van der Waals surface area (Å²) >= 11 is 0. The molecule has 0 saturated heterocycles. The van der Waals surface area contributed by atoms with Crippen molar-refractivity contribution in [3.05, 3.63) is 35.4 Å². The third kappa shape index (κ3) is 3.73. The van der Waals surface area contributed by atoms with Crippen LogP contribution in [0.5, 0.6) is 0 Å². The molecular weight excluding hydrogens is 227 g/mol. The number of hydrogen-bond acceptors (Lipinski definition) is 1. The molecule has 0 bridgehead atoms. The molecule has 96 valence electrons. The molecular formula is C13H18F3N. The second kappa shape index (κ2) is 5.54. The Morgan fingerprint density at radius 1 is 1.12 bits per heavy atom. The van der Waals surface area contributed by atoms with E-state index >= 15 is 0 Å². The van der Waals surface area contributed by atoms with Crippen LogP contribution < -0.4 is 5.32 Å². The molecule has 1 unspecified atom stereocenters. The van der Waals surface area contributed by atoms with Gasteiger partial charge in [0.15, 0.2) is 0 Å². The molecule has 1 aromatic carbocycles. The van der Waals surface area contributed by atoms with Gasteiger partial charge in [0.25, 0.3) is 0 Å². The summed E-state index contributed by atoms with van der Waals surface area (Å²) in [5.74, 6) is 0.340. The molecule has 0 aromatic heterocycles. The first-order valence-corrected chi connectivity index (χ1v) is 5.76. The molecule has 0 saturated carbocycles. The van der Waals surface area contributed by atoms with Crippen molar-refractivity contribution in [1.82, 2.24) is 5.32 Å². The van der Waals surface area contributed by atoms with Gasteiger partial charge in [-0.3, -0.25) is 0 Å². The molecule has 0 aliphatic rings. The Kier molecular flexibility index (Phi) is 4.57. The van der Waals surface area contributed by atoms with Gasteiger partial charge in [-0.05, 0) is 30.2 Å². The van der Waals surface area contributed by atoms with Crippen molar-refractivity contribution in [3.63, 3.8) is 0 Å². The van der Waals surface area contributed by atoms with Gasteiger partial charge in [0.1, 0.15) is 0 Å². The maximum atomic E-state index is 12.4. The van der Waals surface area contributed by atoms with Crippen LogP contribution in [0.2, 0.25) is 0 Å². The number of rotatable bonds is 4. The van der Waals surface area contributed by atoms with Gasteiger partial charge in [-0.15, -0.1) is 0 Å². The van der Waals surface area contributed by atoms with Crippen molar-refractivity contribution in [2.24, 2.45) is 5.92 Å². The van der Waals surface area contributed by atoms with Gasteiger partial charge in [0.2, 0.25) is 0 Å². The molecule has 1 atom stereocenters. The van der Waals surface area contributed by atoms with E-state index in [1.807, 2.05) is 20.8 Å². The topological polar surface area (TPSA) is 12.0 Å². The minimum absolute atomic E-state index is 0.0993. The average molecular weight is 245 g/mol. The molecule has 17 heavy (non-hydrogen) atoms. The third-order valence-corrected chi connectivity index (χ3v) is 2.69. The maximum absolute atomic E-state index is 12.4. The summed E-state index contributed by atoms with van der Waals surface area (Å²) in [6, 6.07) is 5.48. The van der Waals surface area contributed by atoms with Crippen LogP contribution >= 0.6 is 0 Å². The number of alkyl halides is 3. The standard InChI is InChI=1S/C13H18F3N/c1-4-17-12(9(2)3)10-5-7-11(8-6-10)13(14,15)16/h5-9,12,17H,4H2,1-3H3. The highest BCUT2D eigenvalue weighted by molar-refractivity contribution is 5.27. The van der Waals surface area contributed by atoms with E-state index in [0.29, 0.717) is 5.92 Å². The van der Waals surface area contributed by atoms with Crippen LogP contribution in [-0.4, -0.2) is 6.54 Å². The highest BCUT2D eigenvalue weighted by atomic mass is 19.4. The molecule has 1 nitrogen and oxygen atoms in total. The largest absolute Gasteiger partial charge is 0.416 e. The van der Waals surface area contributed by atoms with E-state index < -0.39 is 11.7 Å². The van der Waals surface area contributed by atoms with E-state index in [0.717, 1.165) is 24.2 Å². The lowest BCUT2D eigenvalue weighted by Gasteiger charge is -2.22. The molecule has 1 rings (SSSR count). The van der Waals surface area contributed by atoms with Crippen LogP contribution in [0.25, 0.3) is 0 Å². The van der Waals surface area contributed by atoms with Crippen LogP contribution in [0.15, 0.2) is 24.3 Å². The Hall–Kier alpha value is -1.03. The van der Waals surface area contributed by atoms with E-state index in [1.165, 1.54) is 0 Å². The fourth-order valence-corrected chi connectivity index (χ4v) is 1.84. The monoisotopic (exact) mass is 245 g/mol. The summed E-state index contributed by atoms with van der Waals surface area (Å²) in [6.07, 6.45) is -4.26. The summed E-state index contributed by atoms with van der Waals surface area (Å²) in [5.41, 5.74) is 0.301. The molecule has 0 aliphatic heterocycles. The van der Waals surface area contributed by atoms with Gasteiger partial charge >= 0.3 is 6.18 Å². The van der Waals surface area contributed by atoms with Crippen molar-refractivity contribution >= 4 is 0 Å². The molecule has 0 aliphatic carbocycles. The molecule has 0 radical (unpaired) electrons. The molecule has 1 N–H and O–H groups in total. The van der Waals surface area contributed by atoms with E-state index in [2.05, 4.69) is 5.32 Å². The van der Waals surface area contributed by atoms with Crippen molar-refractivity contribution in [3.8, 4) is 0 Å². The van der Waals surface area contributed by atoms with Crippen molar-refractivity contribution in [2.45, 2.75) is 33.0 Å². The van der Waals surface area contributed by atoms with Crippen LogP contribution in [0.3, 0.4) is 0 Å². The number of nitrogens with one attached hydrogen (secondary N) is 1. The fourth-order valence-electron chi connectivity index (χ4n) is 1.84. The van der Waals surface area contributed by atoms with Crippen LogP contribution in [0.1, 0.15) is 37.9 Å². The first-order valence-electron chi connectivity index (χ1n) is 5.76. The third-order valence-electron chi connectivity index (χ3n) is 2.69. The second-order valence-electron chi connectivity index (χ2n) is 4.40. The molecule has 0 amide bonds. The van der Waals surface area contributed by atoms with Gasteiger partial charge in [-0.25, -0.2) is 0 Å². The Balaban J connectivity index is 2.92. The first kappa shape index (κ1) is 14.0. The number of halogens is 3. The molecule has 0 fully saturated rings. The second-order valence-corrected chi connectivity index (χ2v) is 4.40. The fraction of sp³-hybridized carbons (Fsp3) is 0.538. The van der Waals surface area contributed by atoms with Crippen LogP contribution in [0, 0.1) is 5.92 Å². The van der Waals surface area contributed by atoms with Crippen molar-refractivity contribution < 1.29 is 13.2 Å². The zero-order valence-corrected chi connectivity index (χ0v) is 10.3. The Morgan fingerprint density at radius 3 is 2.00 bits per heavy atom. The lowest BCUT2D eigenvalue weighted by atomic mass is 9.95. The van der Waals surface area contributed by atoms with Crippen molar-refractivity contribution in [2.75, 3.05) is 6.54 Å². The van der Waals surface area contributed by atoms with Crippen LogP contribution in [-0.2, 0) is 6.18 Å². The Labute approximate surface area is 100 Å². The summed E-state index contributed by atoms with van der Waals surface area (Å²) in [4.78, 5) is 0. The predicted molar refractivity (Wildman–Crippen MR) is 62.7 cm³/mol. The summed E-state index contributed by atoms with van der Waals surface area (Å²) < 4.78 is 37.2. The quantitative estimate of drug-likeness (QED) is 0.845. The van der Waals surface area contributed by atoms with Crippen LogP contribution in [0.4, 0.5) is 13.2 Å². The lowest BCUT2D eigenvalue weighted by molar-refractivity contribution is -0.137. The molecule has 0 spiro atoms. The lowest BCUT2D eigenvalue weighted by Crippen LogP contribution is -2.25. The number of benzene rings is 1. The highest BCUT2D eigenvalue weighted by Gasteiger charge is 2.30. The summed E-state index contributed by atoms with van der Waals surface area (Å²) in [6.45, 7) is 6.87. The van der Waals surface area contributed by atoms with Gasteiger partial charge in [-0.1, -0.05) is 32.9 Å². The van der Waals surface area contributed by atoms with E-state index in [9.17, 15) is 13.2 Å². The number of hydrogen-bond donors (Lipinski definition) is 1. The molecule has 1 aromatic rings. The SMILES string of the molecule is CCNC(c1ccc(C(F)(F)F)cc1)C(C)C. The normalized spacial score (nSPS) is 14.1. The zero-order valence-electron chi connectivity index (χ0n) is 10.3. The minimum Gasteiger partial charge on any atom is -0.310 e. The smallest absolute Gasteiger partial charge is 0.310 e. The van der Waals surface area contributed by atoms with Gasteiger partial charge in [0.05, 0.1) is 5.56 Å². The molecule has 4 heteroatoms. The zero-order chi connectivity index (χ0) is 13.1. The van der Waals surface area contributed by atoms with Gasteiger partial charge in [0, 0.05) is 6.04 Å². The summed E-state index contributed by atoms with van der Waals surface area (Å²) in [7, 11) is 0. The Morgan fingerprint density at radius 2 is 1.65 bits per heavy atom. The average Bonchev–Trinajstić information content (AvgIpc) is 2.24.